The van der Waals surface area contributed by atoms with Gasteiger partial charge in [0.05, 0.1) is 28.1 Å². The van der Waals surface area contributed by atoms with Gasteiger partial charge in [-0.15, -0.1) is 0 Å². The molecule has 1 atom stereocenters. The van der Waals surface area contributed by atoms with Crippen LogP contribution in [-0.2, 0) is 27.8 Å². The van der Waals surface area contributed by atoms with E-state index in [4.69, 9.17) is 4.74 Å². The quantitative estimate of drug-likeness (QED) is 0.158. The Balaban J connectivity index is 1.65. The van der Waals surface area contributed by atoms with E-state index in [-0.39, 0.29) is 29.7 Å². The number of hydrogen-bond donors (Lipinski definition) is 0. The lowest BCUT2D eigenvalue weighted by molar-refractivity contribution is -0.384. The van der Waals surface area contributed by atoms with Gasteiger partial charge < -0.3 is 9.30 Å². The number of nitro benzene ring substituents is 1. The molecule has 10 nitrogen and oxygen atoms in total. The molecule has 0 aliphatic rings. The Hall–Kier alpha value is -3.67. The van der Waals surface area contributed by atoms with E-state index in [9.17, 15) is 18.5 Å². The average Bonchev–Trinajstić information content (AvgIpc) is 3.24. The smallest absolute Gasteiger partial charge is 0.269 e. The van der Waals surface area contributed by atoms with Crippen LogP contribution in [0.1, 0.15) is 44.1 Å². The molecule has 0 saturated carbocycles. The topological polar surface area (TPSA) is 120 Å². The first kappa shape index (κ1) is 29.3. The first-order chi connectivity index (χ1) is 19.1. The Morgan fingerprint density at radius 3 is 2.35 bits per heavy atom. The molecule has 0 saturated heterocycles. The number of non-ortho nitro benzene ring substituents is 1. The summed E-state index contributed by atoms with van der Waals surface area (Å²) in [6.07, 6.45) is 4.06. The number of fused-ring (bicyclic) bond motifs is 1. The van der Waals surface area contributed by atoms with Crippen LogP contribution in [0.5, 0.6) is 0 Å². The van der Waals surface area contributed by atoms with Gasteiger partial charge >= 0.3 is 0 Å². The number of aryl methyl sites for hydroxylation is 1. The second kappa shape index (κ2) is 12.7. The zero-order chi connectivity index (χ0) is 28.9. The van der Waals surface area contributed by atoms with Crippen molar-refractivity contribution in [2.45, 2.75) is 58.1 Å². The van der Waals surface area contributed by atoms with Gasteiger partial charge in [-0.05, 0) is 55.5 Å². The minimum absolute atomic E-state index is 0.0426. The average molecular weight is 566 g/mol. The van der Waals surface area contributed by atoms with Crippen molar-refractivity contribution in [1.82, 2.24) is 18.8 Å². The molecule has 11 heteroatoms. The van der Waals surface area contributed by atoms with Crippen molar-refractivity contribution in [2.24, 2.45) is 5.92 Å². The largest absolute Gasteiger partial charge is 0.380 e. The standard InChI is InChI=1S/C29H35N5O5S/c1-5-39-20-26(16-21(2)3)33(19-24-6-10-25(11-7-24)34(35)36)40(37,38)27-12-8-23(9-13-27)18-32-22(4)31-28-17-30-15-14-29(28)32/h6-15,17,21,26H,5,16,18-20H2,1-4H3/t26-/m0/s1. The minimum Gasteiger partial charge on any atom is -0.380 e. The van der Waals surface area contributed by atoms with Gasteiger partial charge in [0.15, 0.2) is 0 Å². The molecule has 0 unspecified atom stereocenters. The number of hydrogen-bond acceptors (Lipinski definition) is 7. The molecule has 0 aliphatic heterocycles. The maximum Gasteiger partial charge on any atom is 0.269 e. The number of sulfonamides is 1. The molecule has 2 aromatic carbocycles. The normalized spacial score (nSPS) is 12.8. The summed E-state index contributed by atoms with van der Waals surface area (Å²) in [5.74, 6) is 1.08. The first-order valence-corrected chi connectivity index (χ1v) is 14.7. The Bertz CT molecular complexity index is 1550. The molecule has 0 aliphatic carbocycles. The maximum atomic E-state index is 14.1. The predicted molar refractivity (Wildman–Crippen MR) is 153 cm³/mol. The maximum absolute atomic E-state index is 14.1. The molecule has 40 heavy (non-hydrogen) atoms. The van der Waals surface area contributed by atoms with Gasteiger partial charge in [-0.3, -0.25) is 15.1 Å². The number of imidazole rings is 1. The van der Waals surface area contributed by atoms with Crippen LogP contribution in [0.25, 0.3) is 11.0 Å². The van der Waals surface area contributed by atoms with E-state index in [1.807, 2.05) is 45.9 Å². The van der Waals surface area contributed by atoms with Gasteiger partial charge in [-0.1, -0.05) is 38.1 Å². The van der Waals surface area contributed by atoms with Crippen LogP contribution in [0, 0.1) is 23.0 Å². The molecule has 0 bridgehead atoms. The summed E-state index contributed by atoms with van der Waals surface area (Å²) >= 11 is 0. The number of pyridine rings is 1. The molecule has 0 radical (unpaired) electrons. The summed E-state index contributed by atoms with van der Waals surface area (Å²) in [4.78, 5) is 19.5. The fourth-order valence-electron chi connectivity index (χ4n) is 4.77. The Morgan fingerprint density at radius 1 is 1.05 bits per heavy atom. The molecule has 0 fully saturated rings. The van der Waals surface area contributed by atoms with Gasteiger partial charge in [0.2, 0.25) is 10.0 Å². The van der Waals surface area contributed by atoms with Gasteiger partial charge in [0, 0.05) is 44.1 Å². The number of nitro groups is 1. The van der Waals surface area contributed by atoms with Crippen molar-refractivity contribution >= 4 is 26.7 Å². The molecular formula is C29H35N5O5S. The SMILES string of the molecule is CCOC[C@H](CC(C)C)N(Cc1ccc([N+](=O)[O-])cc1)S(=O)(=O)c1ccc(Cn2c(C)nc3cnccc32)cc1. The third-order valence-electron chi connectivity index (χ3n) is 6.76. The highest BCUT2D eigenvalue weighted by Gasteiger charge is 2.32. The van der Waals surface area contributed by atoms with Crippen LogP contribution >= 0.6 is 0 Å². The first-order valence-electron chi connectivity index (χ1n) is 13.3. The molecular weight excluding hydrogens is 530 g/mol. The van der Waals surface area contributed by atoms with Crippen molar-refractivity contribution in [3.8, 4) is 0 Å². The lowest BCUT2D eigenvalue weighted by Gasteiger charge is -2.32. The molecule has 0 amide bonds. The minimum atomic E-state index is -3.93. The highest BCUT2D eigenvalue weighted by atomic mass is 32.2. The van der Waals surface area contributed by atoms with Crippen LogP contribution in [-0.4, -0.2) is 51.4 Å². The van der Waals surface area contributed by atoms with E-state index in [1.165, 1.54) is 16.4 Å². The number of aromatic nitrogens is 3. The van der Waals surface area contributed by atoms with Gasteiger partial charge in [0.25, 0.3) is 5.69 Å². The lowest BCUT2D eigenvalue weighted by atomic mass is 10.0. The van der Waals surface area contributed by atoms with Crippen LogP contribution in [0.3, 0.4) is 0 Å². The van der Waals surface area contributed by atoms with Crippen LogP contribution in [0.4, 0.5) is 5.69 Å². The van der Waals surface area contributed by atoms with E-state index in [1.54, 1.807) is 36.7 Å². The van der Waals surface area contributed by atoms with Crippen LogP contribution < -0.4 is 0 Å². The summed E-state index contributed by atoms with van der Waals surface area (Å²) in [7, 11) is -3.93. The van der Waals surface area contributed by atoms with Crippen LogP contribution in [0.2, 0.25) is 0 Å². The Labute approximate surface area is 234 Å². The van der Waals surface area contributed by atoms with E-state index >= 15 is 0 Å². The molecule has 0 N–H and O–H groups in total. The third-order valence-corrected chi connectivity index (χ3v) is 8.68. The Morgan fingerprint density at radius 2 is 1.73 bits per heavy atom. The summed E-state index contributed by atoms with van der Waals surface area (Å²) in [5.41, 5.74) is 3.33. The monoisotopic (exact) mass is 565 g/mol. The number of benzene rings is 2. The molecule has 2 heterocycles. The zero-order valence-corrected chi connectivity index (χ0v) is 24.0. The molecule has 2 aromatic heterocycles. The van der Waals surface area contributed by atoms with Crippen molar-refractivity contribution in [3.63, 3.8) is 0 Å². The fourth-order valence-corrected chi connectivity index (χ4v) is 6.38. The summed E-state index contributed by atoms with van der Waals surface area (Å²) in [6, 6.07) is 14.4. The molecule has 212 valence electrons. The molecule has 0 spiro atoms. The van der Waals surface area contributed by atoms with Gasteiger partial charge in [0.1, 0.15) is 11.3 Å². The summed E-state index contributed by atoms with van der Waals surface area (Å²) in [6.45, 7) is 9.23. The van der Waals surface area contributed by atoms with E-state index in [0.717, 1.165) is 22.4 Å². The third kappa shape index (κ3) is 6.72. The van der Waals surface area contributed by atoms with E-state index < -0.39 is 21.0 Å². The van der Waals surface area contributed by atoms with Crippen molar-refractivity contribution in [1.29, 1.82) is 0 Å². The van der Waals surface area contributed by atoms with Crippen molar-refractivity contribution < 1.29 is 18.1 Å². The number of nitrogens with zero attached hydrogens (tertiary/aromatic N) is 5. The summed E-state index contributed by atoms with van der Waals surface area (Å²) < 4.78 is 37.4. The lowest BCUT2D eigenvalue weighted by Crippen LogP contribution is -2.43. The molecule has 4 rings (SSSR count). The molecule has 4 aromatic rings. The van der Waals surface area contributed by atoms with Gasteiger partial charge in [-0.25, -0.2) is 13.4 Å². The van der Waals surface area contributed by atoms with Crippen LogP contribution in [0.15, 0.2) is 71.9 Å². The van der Waals surface area contributed by atoms with Crippen molar-refractivity contribution in [3.05, 3.63) is 94.1 Å². The van der Waals surface area contributed by atoms with Gasteiger partial charge in [-0.2, -0.15) is 4.31 Å². The highest BCUT2D eigenvalue weighted by Crippen LogP contribution is 2.26. The zero-order valence-electron chi connectivity index (χ0n) is 23.2. The Kier molecular flexibility index (Phi) is 9.28. The van der Waals surface area contributed by atoms with E-state index in [2.05, 4.69) is 14.5 Å². The van der Waals surface area contributed by atoms with E-state index in [0.29, 0.717) is 25.1 Å². The number of rotatable bonds is 13. The van der Waals surface area contributed by atoms with Crippen molar-refractivity contribution in [2.75, 3.05) is 13.2 Å². The fraction of sp³-hybridized carbons (Fsp3) is 0.379. The second-order valence-electron chi connectivity index (χ2n) is 10.2. The predicted octanol–water partition coefficient (Wildman–Crippen LogP) is 5.34. The summed E-state index contributed by atoms with van der Waals surface area (Å²) in [5, 5.41) is 11.1. The second-order valence-corrected chi connectivity index (χ2v) is 12.1. The number of ether oxygens (including phenoxy) is 1. The highest BCUT2D eigenvalue weighted by molar-refractivity contribution is 7.89.